The number of carbonyl (C=O) groups is 1. The van der Waals surface area contributed by atoms with Crippen molar-refractivity contribution in [1.29, 1.82) is 0 Å². The van der Waals surface area contributed by atoms with Crippen LogP contribution in [0.5, 0.6) is 0 Å². The van der Waals surface area contributed by atoms with Crippen LogP contribution in [0.25, 0.3) is 0 Å². The predicted octanol–water partition coefficient (Wildman–Crippen LogP) is 2.07. The van der Waals surface area contributed by atoms with Gasteiger partial charge in [0.1, 0.15) is 0 Å². The van der Waals surface area contributed by atoms with E-state index in [-0.39, 0.29) is 11.3 Å². The van der Waals surface area contributed by atoms with Crippen molar-refractivity contribution < 1.29 is 4.79 Å². The van der Waals surface area contributed by atoms with Gasteiger partial charge in [-0.25, -0.2) is 0 Å². The molecule has 0 radical (unpaired) electrons. The van der Waals surface area contributed by atoms with Gasteiger partial charge in [-0.2, -0.15) is 0 Å². The van der Waals surface area contributed by atoms with Gasteiger partial charge in [0.15, 0.2) is 0 Å². The first-order valence-corrected chi connectivity index (χ1v) is 7.09. The van der Waals surface area contributed by atoms with E-state index in [0.717, 1.165) is 32.5 Å². The molecule has 1 amide bonds. The number of piperidine rings is 1. The third-order valence-electron chi connectivity index (χ3n) is 4.51. The maximum atomic E-state index is 12.2. The minimum atomic E-state index is -0.180. The van der Waals surface area contributed by atoms with Crippen LogP contribution < -0.4 is 10.6 Å². The first-order chi connectivity index (χ1) is 8.10. The molecule has 2 fully saturated rings. The summed E-state index contributed by atoms with van der Waals surface area (Å²) in [6, 6.07) is 0. The predicted molar refractivity (Wildman–Crippen MR) is 69.8 cm³/mol. The number of nitrogens with one attached hydrogen (secondary N) is 2. The van der Waals surface area contributed by atoms with Gasteiger partial charge in [-0.3, -0.25) is 4.79 Å². The minimum Gasteiger partial charge on any atom is -0.355 e. The average molecular weight is 238 g/mol. The summed E-state index contributed by atoms with van der Waals surface area (Å²) in [7, 11) is 0. The van der Waals surface area contributed by atoms with Crippen LogP contribution in [-0.2, 0) is 4.79 Å². The summed E-state index contributed by atoms with van der Waals surface area (Å²) in [4.78, 5) is 12.2. The lowest BCUT2D eigenvalue weighted by atomic mass is 9.81. The van der Waals surface area contributed by atoms with Crippen LogP contribution in [0.1, 0.15) is 52.4 Å². The van der Waals surface area contributed by atoms with E-state index in [2.05, 4.69) is 24.5 Å². The van der Waals surface area contributed by atoms with Crippen LogP contribution >= 0.6 is 0 Å². The van der Waals surface area contributed by atoms with E-state index >= 15 is 0 Å². The van der Waals surface area contributed by atoms with Gasteiger partial charge in [-0.1, -0.05) is 13.3 Å². The van der Waals surface area contributed by atoms with Crippen molar-refractivity contribution in [3.63, 3.8) is 0 Å². The van der Waals surface area contributed by atoms with Crippen molar-refractivity contribution in [2.45, 2.75) is 52.4 Å². The molecule has 0 bridgehead atoms. The fourth-order valence-corrected chi connectivity index (χ4v) is 2.95. The average Bonchev–Trinajstić information content (AvgIpc) is 3.08. The van der Waals surface area contributed by atoms with Gasteiger partial charge in [-0.05, 0) is 51.0 Å². The Balaban J connectivity index is 1.80. The second kappa shape index (κ2) is 4.97. The molecule has 0 aromatic heterocycles. The number of carbonyl (C=O) groups excluding carboxylic acids is 1. The van der Waals surface area contributed by atoms with Gasteiger partial charge in [0.2, 0.25) is 5.91 Å². The Kier molecular flexibility index (Phi) is 3.76. The van der Waals surface area contributed by atoms with E-state index in [0.29, 0.717) is 5.41 Å². The fourth-order valence-electron chi connectivity index (χ4n) is 2.95. The Morgan fingerprint density at radius 1 is 1.35 bits per heavy atom. The van der Waals surface area contributed by atoms with E-state index in [9.17, 15) is 4.79 Å². The Hall–Kier alpha value is -0.570. The van der Waals surface area contributed by atoms with Gasteiger partial charge in [-0.15, -0.1) is 0 Å². The van der Waals surface area contributed by atoms with E-state index in [4.69, 9.17) is 0 Å². The molecule has 2 rings (SSSR count). The van der Waals surface area contributed by atoms with Crippen LogP contribution in [0.2, 0.25) is 0 Å². The maximum absolute atomic E-state index is 12.2. The number of amides is 1. The van der Waals surface area contributed by atoms with Gasteiger partial charge in [0, 0.05) is 13.1 Å². The molecule has 3 nitrogen and oxygen atoms in total. The summed E-state index contributed by atoms with van der Waals surface area (Å²) in [5.74, 6) is 0.257. The largest absolute Gasteiger partial charge is 0.355 e. The van der Waals surface area contributed by atoms with Crippen molar-refractivity contribution in [3.8, 4) is 0 Å². The summed E-state index contributed by atoms with van der Waals surface area (Å²) in [5, 5.41) is 6.53. The van der Waals surface area contributed by atoms with E-state index < -0.39 is 0 Å². The summed E-state index contributed by atoms with van der Waals surface area (Å²) < 4.78 is 0. The van der Waals surface area contributed by atoms with Crippen molar-refractivity contribution in [2.24, 2.45) is 10.8 Å². The van der Waals surface area contributed by atoms with Crippen LogP contribution in [0, 0.1) is 10.8 Å². The highest BCUT2D eigenvalue weighted by Crippen LogP contribution is 2.49. The normalized spacial score (nSPS) is 30.9. The zero-order valence-electron chi connectivity index (χ0n) is 11.3. The molecule has 2 N–H and O–H groups in total. The number of hydrogen-bond acceptors (Lipinski definition) is 2. The standard InChI is InChI=1S/C14H26N2O/c1-3-5-14(7-8-14)11-16-12(17)13(2)6-4-9-15-10-13/h15H,3-11H2,1-2H3,(H,16,17). The second-order valence-corrected chi connectivity index (χ2v) is 6.27. The molecular weight excluding hydrogens is 212 g/mol. The zero-order chi connectivity index (χ0) is 12.4. The highest BCUT2D eigenvalue weighted by atomic mass is 16.2. The molecule has 0 aromatic carbocycles. The molecule has 1 unspecified atom stereocenters. The highest BCUT2D eigenvalue weighted by Gasteiger charge is 2.43. The zero-order valence-corrected chi connectivity index (χ0v) is 11.3. The van der Waals surface area contributed by atoms with E-state index in [1.165, 1.54) is 25.7 Å². The number of rotatable bonds is 5. The molecule has 98 valence electrons. The maximum Gasteiger partial charge on any atom is 0.227 e. The Morgan fingerprint density at radius 2 is 2.12 bits per heavy atom. The summed E-state index contributed by atoms with van der Waals surface area (Å²) in [5.41, 5.74) is 0.281. The smallest absolute Gasteiger partial charge is 0.227 e. The summed E-state index contributed by atoms with van der Waals surface area (Å²) >= 11 is 0. The Morgan fingerprint density at radius 3 is 2.65 bits per heavy atom. The molecule has 2 aliphatic rings. The van der Waals surface area contributed by atoms with Gasteiger partial charge in [0.25, 0.3) is 0 Å². The molecule has 0 aromatic rings. The number of hydrogen-bond donors (Lipinski definition) is 2. The van der Waals surface area contributed by atoms with Crippen molar-refractivity contribution in [1.82, 2.24) is 10.6 Å². The Bertz CT molecular complexity index is 278. The fraction of sp³-hybridized carbons (Fsp3) is 0.929. The first-order valence-electron chi connectivity index (χ1n) is 7.09. The molecule has 1 saturated heterocycles. The highest BCUT2D eigenvalue weighted by molar-refractivity contribution is 5.82. The third-order valence-corrected chi connectivity index (χ3v) is 4.51. The minimum absolute atomic E-state index is 0.180. The quantitative estimate of drug-likeness (QED) is 0.770. The molecule has 1 aliphatic carbocycles. The van der Waals surface area contributed by atoms with Gasteiger partial charge < -0.3 is 10.6 Å². The molecule has 1 atom stereocenters. The molecule has 3 heteroatoms. The third kappa shape index (κ3) is 3.01. The van der Waals surface area contributed by atoms with Crippen LogP contribution in [0.15, 0.2) is 0 Å². The molecule has 17 heavy (non-hydrogen) atoms. The first kappa shape index (κ1) is 12.9. The van der Waals surface area contributed by atoms with Gasteiger partial charge in [0.05, 0.1) is 5.41 Å². The van der Waals surface area contributed by atoms with Crippen molar-refractivity contribution in [3.05, 3.63) is 0 Å². The Labute approximate surface area is 105 Å². The SMILES string of the molecule is CCCC1(CNC(=O)C2(C)CCCNC2)CC1. The van der Waals surface area contributed by atoms with E-state index in [1.807, 2.05) is 0 Å². The lowest BCUT2D eigenvalue weighted by molar-refractivity contribution is -0.131. The molecule has 0 spiro atoms. The van der Waals surface area contributed by atoms with Crippen LogP contribution in [0.3, 0.4) is 0 Å². The second-order valence-electron chi connectivity index (χ2n) is 6.27. The monoisotopic (exact) mass is 238 g/mol. The van der Waals surface area contributed by atoms with Crippen molar-refractivity contribution >= 4 is 5.91 Å². The molecular formula is C14H26N2O. The van der Waals surface area contributed by atoms with Crippen LogP contribution in [-0.4, -0.2) is 25.5 Å². The molecule has 1 aliphatic heterocycles. The lowest BCUT2D eigenvalue weighted by Crippen LogP contribution is -2.49. The molecule has 1 saturated carbocycles. The van der Waals surface area contributed by atoms with E-state index in [1.54, 1.807) is 0 Å². The summed E-state index contributed by atoms with van der Waals surface area (Å²) in [6.07, 6.45) is 7.24. The van der Waals surface area contributed by atoms with Crippen molar-refractivity contribution in [2.75, 3.05) is 19.6 Å². The van der Waals surface area contributed by atoms with Crippen LogP contribution in [0.4, 0.5) is 0 Å². The lowest BCUT2D eigenvalue weighted by Gasteiger charge is -2.33. The summed E-state index contributed by atoms with van der Waals surface area (Å²) in [6.45, 7) is 7.11. The topological polar surface area (TPSA) is 41.1 Å². The molecule has 1 heterocycles. The van der Waals surface area contributed by atoms with Gasteiger partial charge >= 0.3 is 0 Å².